The zero-order valence-corrected chi connectivity index (χ0v) is 8.41. The summed E-state index contributed by atoms with van der Waals surface area (Å²) in [5.74, 6) is -0.420. The first-order valence-electron chi connectivity index (χ1n) is 5.03. The first kappa shape index (κ1) is 11.1. The molecule has 0 spiro atoms. The standard InChI is InChI=1S/C11H16FNO/c1-2-3-4-5-11(14)9-6-7-13-8-10(9)12/h6-8,11,14H,2-5H2,1H3. The van der Waals surface area contributed by atoms with E-state index < -0.39 is 11.9 Å². The predicted molar refractivity (Wildman–Crippen MR) is 53.3 cm³/mol. The molecule has 1 unspecified atom stereocenters. The molecule has 0 aliphatic carbocycles. The number of aromatic nitrogens is 1. The fourth-order valence-corrected chi connectivity index (χ4v) is 1.40. The lowest BCUT2D eigenvalue weighted by molar-refractivity contribution is 0.159. The molecule has 1 rings (SSSR count). The van der Waals surface area contributed by atoms with Crippen LogP contribution >= 0.6 is 0 Å². The third kappa shape index (κ3) is 3.07. The van der Waals surface area contributed by atoms with Crippen molar-refractivity contribution in [3.05, 3.63) is 29.8 Å². The Hall–Kier alpha value is -0.960. The number of aliphatic hydroxyl groups excluding tert-OH is 1. The molecule has 1 aromatic rings. The summed E-state index contributed by atoms with van der Waals surface area (Å²) in [5.41, 5.74) is 0.358. The van der Waals surface area contributed by atoms with Crippen molar-refractivity contribution in [2.75, 3.05) is 0 Å². The molecule has 0 saturated heterocycles. The molecule has 78 valence electrons. The molecule has 0 saturated carbocycles. The molecule has 14 heavy (non-hydrogen) atoms. The van der Waals surface area contributed by atoms with E-state index in [2.05, 4.69) is 11.9 Å². The van der Waals surface area contributed by atoms with Crippen molar-refractivity contribution in [1.82, 2.24) is 4.98 Å². The molecule has 0 aromatic carbocycles. The van der Waals surface area contributed by atoms with Gasteiger partial charge in [0.2, 0.25) is 0 Å². The Morgan fingerprint density at radius 3 is 2.93 bits per heavy atom. The molecule has 2 nitrogen and oxygen atoms in total. The maximum absolute atomic E-state index is 13.1. The van der Waals surface area contributed by atoms with Gasteiger partial charge in [0, 0.05) is 11.8 Å². The minimum atomic E-state index is -0.690. The summed E-state index contributed by atoms with van der Waals surface area (Å²) < 4.78 is 13.1. The predicted octanol–water partition coefficient (Wildman–Crippen LogP) is 2.83. The van der Waals surface area contributed by atoms with Gasteiger partial charge in [0.1, 0.15) is 5.82 Å². The minimum Gasteiger partial charge on any atom is -0.388 e. The Morgan fingerprint density at radius 1 is 1.50 bits per heavy atom. The second-order valence-electron chi connectivity index (χ2n) is 3.41. The molecule has 0 bridgehead atoms. The van der Waals surface area contributed by atoms with Crippen LogP contribution in [0.3, 0.4) is 0 Å². The lowest BCUT2D eigenvalue weighted by Gasteiger charge is -2.10. The maximum atomic E-state index is 13.1. The third-order valence-corrected chi connectivity index (χ3v) is 2.24. The maximum Gasteiger partial charge on any atom is 0.147 e. The number of unbranched alkanes of at least 4 members (excludes halogenated alkanes) is 2. The van der Waals surface area contributed by atoms with Gasteiger partial charge in [-0.25, -0.2) is 4.39 Å². The zero-order chi connectivity index (χ0) is 10.4. The molecule has 1 aromatic heterocycles. The average Bonchev–Trinajstić information content (AvgIpc) is 2.18. The largest absolute Gasteiger partial charge is 0.388 e. The van der Waals surface area contributed by atoms with Crippen LogP contribution in [0.15, 0.2) is 18.5 Å². The van der Waals surface area contributed by atoms with Crippen LogP contribution < -0.4 is 0 Å². The van der Waals surface area contributed by atoms with Crippen LogP contribution in [0.2, 0.25) is 0 Å². The van der Waals surface area contributed by atoms with Gasteiger partial charge in [0.05, 0.1) is 12.3 Å². The molecule has 0 aliphatic rings. The van der Waals surface area contributed by atoms with Crippen LogP contribution in [-0.2, 0) is 0 Å². The van der Waals surface area contributed by atoms with Gasteiger partial charge in [-0.15, -0.1) is 0 Å². The molecule has 0 amide bonds. The van der Waals surface area contributed by atoms with E-state index in [1.165, 1.54) is 12.3 Å². The van der Waals surface area contributed by atoms with Crippen molar-refractivity contribution in [3.8, 4) is 0 Å². The number of hydrogen-bond donors (Lipinski definition) is 1. The molecule has 0 radical (unpaired) electrons. The van der Waals surface area contributed by atoms with E-state index in [1.54, 1.807) is 0 Å². The second kappa shape index (κ2) is 5.70. The molecular weight excluding hydrogens is 181 g/mol. The monoisotopic (exact) mass is 197 g/mol. The quantitative estimate of drug-likeness (QED) is 0.736. The van der Waals surface area contributed by atoms with E-state index in [1.807, 2.05) is 0 Å². The highest BCUT2D eigenvalue weighted by molar-refractivity contribution is 5.15. The lowest BCUT2D eigenvalue weighted by atomic mass is 10.0. The van der Waals surface area contributed by atoms with Crippen LogP contribution in [0.4, 0.5) is 4.39 Å². The van der Waals surface area contributed by atoms with E-state index in [9.17, 15) is 9.50 Å². The number of nitrogens with zero attached hydrogens (tertiary/aromatic N) is 1. The molecule has 0 aliphatic heterocycles. The Balaban J connectivity index is 2.51. The van der Waals surface area contributed by atoms with Crippen LogP contribution in [0.1, 0.15) is 44.3 Å². The van der Waals surface area contributed by atoms with Crippen molar-refractivity contribution in [1.29, 1.82) is 0 Å². The summed E-state index contributed by atoms with van der Waals surface area (Å²) in [4.78, 5) is 3.64. The average molecular weight is 197 g/mol. The smallest absolute Gasteiger partial charge is 0.147 e. The first-order chi connectivity index (χ1) is 6.75. The molecular formula is C11H16FNO. The number of halogens is 1. The van der Waals surface area contributed by atoms with Gasteiger partial charge >= 0.3 is 0 Å². The van der Waals surface area contributed by atoms with Gasteiger partial charge in [-0.05, 0) is 12.5 Å². The molecule has 3 heteroatoms. The second-order valence-corrected chi connectivity index (χ2v) is 3.41. The van der Waals surface area contributed by atoms with Crippen molar-refractivity contribution in [2.24, 2.45) is 0 Å². The molecule has 1 heterocycles. The highest BCUT2D eigenvalue weighted by atomic mass is 19.1. The fraction of sp³-hybridized carbons (Fsp3) is 0.545. The summed E-state index contributed by atoms with van der Waals surface area (Å²) in [6, 6.07) is 1.53. The van der Waals surface area contributed by atoms with Gasteiger partial charge in [-0.2, -0.15) is 0 Å². The van der Waals surface area contributed by atoms with E-state index >= 15 is 0 Å². The summed E-state index contributed by atoms with van der Waals surface area (Å²) in [6.45, 7) is 2.10. The van der Waals surface area contributed by atoms with Gasteiger partial charge in [0.15, 0.2) is 0 Å². The number of rotatable bonds is 5. The van der Waals surface area contributed by atoms with Gasteiger partial charge in [-0.1, -0.05) is 26.2 Å². The summed E-state index contributed by atoms with van der Waals surface area (Å²) in [7, 11) is 0. The first-order valence-corrected chi connectivity index (χ1v) is 5.03. The fourth-order valence-electron chi connectivity index (χ4n) is 1.40. The summed E-state index contributed by atoms with van der Waals surface area (Å²) in [6.07, 6.45) is 5.67. The summed E-state index contributed by atoms with van der Waals surface area (Å²) in [5, 5.41) is 9.66. The van der Waals surface area contributed by atoms with Crippen molar-refractivity contribution in [3.63, 3.8) is 0 Å². The Morgan fingerprint density at radius 2 is 2.29 bits per heavy atom. The van der Waals surface area contributed by atoms with E-state index in [4.69, 9.17) is 0 Å². The van der Waals surface area contributed by atoms with Gasteiger partial charge in [0.25, 0.3) is 0 Å². The Kier molecular flexibility index (Phi) is 4.53. The normalized spacial score (nSPS) is 12.8. The highest BCUT2D eigenvalue weighted by Crippen LogP contribution is 2.21. The lowest BCUT2D eigenvalue weighted by Crippen LogP contribution is -2.01. The van der Waals surface area contributed by atoms with Gasteiger partial charge < -0.3 is 5.11 Å². The SMILES string of the molecule is CCCCCC(O)c1ccncc1F. The van der Waals surface area contributed by atoms with E-state index in [0.29, 0.717) is 12.0 Å². The molecule has 0 fully saturated rings. The molecule has 1 N–H and O–H groups in total. The number of pyridine rings is 1. The minimum absolute atomic E-state index is 0.358. The van der Waals surface area contributed by atoms with Crippen molar-refractivity contribution >= 4 is 0 Å². The van der Waals surface area contributed by atoms with Crippen LogP contribution in [0.25, 0.3) is 0 Å². The topological polar surface area (TPSA) is 33.1 Å². The highest BCUT2D eigenvalue weighted by Gasteiger charge is 2.11. The van der Waals surface area contributed by atoms with Gasteiger partial charge in [-0.3, -0.25) is 4.98 Å². The zero-order valence-electron chi connectivity index (χ0n) is 8.41. The molecule has 1 atom stereocenters. The Bertz CT molecular complexity index is 278. The van der Waals surface area contributed by atoms with E-state index in [0.717, 1.165) is 25.5 Å². The number of aliphatic hydroxyl groups is 1. The van der Waals surface area contributed by atoms with Crippen LogP contribution in [-0.4, -0.2) is 10.1 Å². The Labute approximate surface area is 83.8 Å². The van der Waals surface area contributed by atoms with E-state index in [-0.39, 0.29) is 0 Å². The number of hydrogen-bond acceptors (Lipinski definition) is 2. The van der Waals surface area contributed by atoms with Crippen molar-refractivity contribution in [2.45, 2.75) is 38.7 Å². The van der Waals surface area contributed by atoms with Crippen LogP contribution in [0.5, 0.6) is 0 Å². The van der Waals surface area contributed by atoms with Crippen molar-refractivity contribution < 1.29 is 9.50 Å². The summed E-state index contributed by atoms with van der Waals surface area (Å²) >= 11 is 0. The third-order valence-electron chi connectivity index (χ3n) is 2.24. The van der Waals surface area contributed by atoms with Crippen LogP contribution in [0, 0.1) is 5.82 Å².